The molecule has 0 unspecified atom stereocenters. The number of aryl methyl sites for hydroxylation is 2. The number of benzene rings is 1. The molecule has 0 bridgehead atoms. The molecular weight excluding hydrogens is 320 g/mol. The Labute approximate surface area is 143 Å². The van der Waals surface area contributed by atoms with Crippen LogP contribution in [0.15, 0.2) is 40.6 Å². The Kier molecular flexibility index (Phi) is 3.57. The van der Waals surface area contributed by atoms with Crippen LogP contribution in [0.4, 0.5) is 17.3 Å². The van der Waals surface area contributed by atoms with Crippen molar-refractivity contribution in [2.75, 3.05) is 11.6 Å². The standard InChI is InChI=1S/C17H16N6S/c1-9-6-4-5-7-11(9)14-12-8-18-17(24-3)21-15(12)20-16-13(19-14)10(2)22-23-16/h4-8H,1-3H3,(H2,18,20,21,22,23). The smallest absolute Gasteiger partial charge is 0.189 e. The van der Waals surface area contributed by atoms with Gasteiger partial charge < -0.3 is 5.32 Å². The van der Waals surface area contributed by atoms with Crippen LogP contribution in [0.5, 0.6) is 0 Å². The number of fused-ring (bicyclic) bond motifs is 2. The Bertz CT molecular complexity index is 959. The third-order valence-electron chi connectivity index (χ3n) is 3.98. The van der Waals surface area contributed by atoms with E-state index in [4.69, 9.17) is 4.99 Å². The lowest BCUT2D eigenvalue weighted by Crippen LogP contribution is -2.09. The number of anilines is 2. The fourth-order valence-corrected chi connectivity index (χ4v) is 3.05. The number of hydrogen-bond donors (Lipinski definition) is 2. The highest BCUT2D eigenvalue weighted by Crippen LogP contribution is 2.35. The molecule has 1 aliphatic heterocycles. The summed E-state index contributed by atoms with van der Waals surface area (Å²) in [5.74, 6) is 1.41. The van der Waals surface area contributed by atoms with Crippen LogP contribution in [0.3, 0.4) is 0 Å². The summed E-state index contributed by atoms with van der Waals surface area (Å²) in [6.45, 7) is 4.04. The molecule has 0 amide bonds. The second kappa shape index (κ2) is 5.76. The van der Waals surface area contributed by atoms with Crippen LogP contribution in [-0.4, -0.2) is 32.1 Å². The highest BCUT2D eigenvalue weighted by Gasteiger charge is 2.23. The third-order valence-corrected chi connectivity index (χ3v) is 4.54. The Balaban J connectivity index is 2.01. The van der Waals surface area contributed by atoms with Gasteiger partial charge in [-0.25, -0.2) is 15.0 Å². The molecular formula is C17H16N6S. The van der Waals surface area contributed by atoms with Gasteiger partial charge in [0.05, 0.1) is 17.0 Å². The minimum Gasteiger partial charge on any atom is -0.321 e. The first-order valence-corrected chi connectivity index (χ1v) is 8.78. The molecule has 0 radical (unpaired) electrons. The largest absolute Gasteiger partial charge is 0.321 e. The number of aromatic amines is 1. The Morgan fingerprint density at radius 3 is 2.67 bits per heavy atom. The monoisotopic (exact) mass is 336 g/mol. The highest BCUT2D eigenvalue weighted by atomic mass is 32.2. The number of nitrogens with zero attached hydrogens (tertiary/aromatic N) is 4. The van der Waals surface area contributed by atoms with E-state index in [9.17, 15) is 0 Å². The van der Waals surface area contributed by atoms with Crippen LogP contribution in [0.25, 0.3) is 0 Å². The summed E-state index contributed by atoms with van der Waals surface area (Å²) < 4.78 is 0. The van der Waals surface area contributed by atoms with Gasteiger partial charge in [-0.3, -0.25) is 5.10 Å². The SMILES string of the molecule is CSc1ncc2c(n1)Nc1n[nH]c(C)c1N=C2c1ccccc1C. The van der Waals surface area contributed by atoms with Gasteiger partial charge in [-0.15, -0.1) is 0 Å². The zero-order valence-electron chi connectivity index (χ0n) is 13.6. The van der Waals surface area contributed by atoms with Crippen molar-refractivity contribution in [2.45, 2.75) is 19.0 Å². The number of nitrogens with one attached hydrogen (secondary N) is 2. The molecule has 2 aromatic heterocycles. The minimum atomic E-state index is 0.683. The average Bonchev–Trinajstić information content (AvgIpc) is 2.85. The van der Waals surface area contributed by atoms with E-state index >= 15 is 0 Å². The van der Waals surface area contributed by atoms with Gasteiger partial charge in [0, 0.05) is 11.8 Å². The number of rotatable bonds is 2. The quantitative estimate of drug-likeness (QED) is 0.430. The van der Waals surface area contributed by atoms with E-state index in [1.165, 1.54) is 11.8 Å². The lowest BCUT2D eigenvalue weighted by Gasteiger charge is -2.11. The highest BCUT2D eigenvalue weighted by molar-refractivity contribution is 7.98. The lowest BCUT2D eigenvalue weighted by molar-refractivity contribution is 0.967. The average molecular weight is 336 g/mol. The van der Waals surface area contributed by atoms with Crippen molar-refractivity contribution >= 4 is 34.8 Å². The van der Waals surface area contributed by atoms with Gasteiger partial charge in [0.1, 0.15) is 11.5 Å². The molecule has 0 atom stereocenters. The first-order chi connectivity index (χ1) is 11.7. The molecule has 0 fully saturated rings. The second-order valence-electron chi connectivity index (χ2n) is 5.57. The normalized spacial score (nSPS) is 12.7. The van der Waals surface area contributed by atoms with Crippen LogP contribution in [0.2, 0.25) is 0 Å². The molecule has 24 heavy (non-hydrogen) atoms. The van der Waals surface area contributed by atoms with E-state index in [1.807, 2.05) is 31.5 Å². The Morgan fingerprint density at radius 1 is 1.04 bits per heavy atom. The number of aromatic nitrogens is 4. The van der Waals surface area contributed by atoms with Crippen molar-refractivity contribution in [1.82, 2.24) is 20.2 Å². The molecule has 0 spiro atoms. The predicted octanol–water partition coefficient (Wildman–Crippen LogP) is 3.76. The number of hydrogen-bond acceptors (Lipinski definition) is 6. The van der Waals surface area contributed by atoms with Gasteiger partial charge in [0.2, 0.25) is 0 Å². The summed E-state index contributed by atoms with van der Waals surface area (Å²) in [6.07, 6.45) is 3.79. The van der Waals surface area contributed by atoms with Gasteiger partial charge in [0.25, 0.3) is 0 Å². The van der Waals surface area contributed by atoms with Crippen molar-refractivity contribution < 1.29 is 0 Å². The van der Waals surface area contributed by atoms with E-state index in [2.05, 4.69) is 44.5 Å². The molecule has 7 heteroatoms. The molecule has 3 heterocycles. The molecule has 1 aromatic carbocycles. The first-order valence-electron chi connectivity index (χ1n) is 7.55. The van der Waals surface area contributed by atoms with Crippen LogP contribution in [0.1, 0.15) is 22.4 Å². The van der Waals surface area contributed by atoms with E-state index in [0.717, 1.165) is 39.6 Å². The molecule has 0 saturated heterocycles. The predicted molar refractivity (Wildman–Crippen MR) is 96.9 cm³/mol. The van der Waals surface area contributed by atoms with Crippen LogP contribution in [-0.2, 0) is 0 Å². The van der Waals surface area contributed by atoms with E-state index in [-0.39, 0.29) is 0 Å². The van der Waals surface area contributed by atoms with Crippen molar-refractivity contribution in [3.8, 4) is 0 Å². The number of aliphatic imine (C=N–C) groups is 1. The summed E-state index contributed by atoms with van der Waals surface area (Å²) in [5, 5.41) is 11.3. The Hall–Kier alpha value is -2.67. The van der Waals surface area contributed by atoms with Gasteiger partial charge in [0.15, 0.2) is 11.0 Å². The second-order valence-corrected chi connectivity index (χ2v) is 6.34. The van der Waals surface area contributed by atoms with Crippen LogP contribution < -0.4 is 5.32 Å². The molecule has 2 N–H and O–H groups in total. The van der Waals surface area contributed by atoms with E-state index in [0.29, 0.717) is 11.0 Å². The molecule has 0 saturated carbocycles. The minimum absolute atomic E-state index is 0.683. The maximum atomic E-state index is 4.90. The van der Waals surface area contributed by atoms with E-state index < -0.39 is 0 Å². The van der Waals surface area contributed by atoms with Crippen LogP contribution in [0, 0.1) is 13.8 Å². The summed E-state index contributed by atoms with van der Waals surface area (Å²) in [4.78, 5) is 13.9. The van der Waals surface area contributed by atoms with E-state index in [1.54, 1.807) is 0 Å². The molecule has 4 rings (SSSR count). The fraction of sp³-hybridized carbons (Fsp3) is 0.176. The third kappa shape index (κ3) is 2.37. The summed E-state index contributed by atoms with van der Waals surface area (Å²) in [7, 11) is 0. The topological polar surface area (TPSA) is 78.9 Å². The van der Waals surface area contributed by atoms with Gasteiger partial charge in [-0.1, -0.05) is 36.0 Å². The summed E-state index contributed by atoms with van der Waals surface area (Å²) in [5.41, 5.74) is 5.66. The zero-order chi connectivity index (χ0) is 16.7. The van der Waals surface area contributed by atoms with Gasteiger partial charge in [-0.2, -0.15) is 5.10 Å². The van der Waals surface area contributed by atoms with Crippen molar-refractivity contribution in [1.29, 1.82) is 0 Å². The molecule has 0 aliphatic carbocycles. The van der Waals surface area contributed by atoms with Crippen molar-refractivity contribution in [3.63, 3.8) is 0 Å². The van der Waals surface area contributed by atoms with Crippen molar-refractivity contribution in [3.05, 3.63) is 52.8 Å². The molecule has 1 aliphatic rings. The number of H-pyrrole nitrogens is 1. The zero-order valence-corrected chi connectivity index (χ0v) is 14.4. The molecule has 6 nitrogen and oxygen atoms in total. The lowest BCUT2D eigenvalue weighted by atomic mass is 9.99. The Morgan fingerprint density at radius 2 is 1.88 bits per heavy atom. The van der Waals surface area contributed by atoms with Gasteiger partial charge >= 0.3 is 0 Å². The molecule has 120 valence electrons. The molecule has 3 aromatic rings. The maximum Gasteiger partial charge on any atom is 0.189 e. The number of thioether (sulfide) groups is 1. The summed E-state index contributed by atoms with van der Waals surface area (Å²) in [6, 6.07) is 8.19. The first kappa shape index (κ1) is 14.9. The fourth-order valence-electron chi connectivity index (χ4n) is 2.71. The van der Waals surface area contributed by atoms with Crippen LogP contribution >= 0.6 is 11.8 Å². The van der Waals surface area contributed by atoms with Crippen molar-refractivity contribution in [2.24, 2.45) is 4.99 Å². The van der Waals surface area contributed by atoms with Gasteiger partial charge in [-0.05, 0) is 25.7 Å². The summed E-state index contributed by atoms with van der Waals surface area (Å²) >= 11 is 1.50. The maximum absolute atomic E-state index is 4.90.